The summed E-state index contributed by atoms with van der Waals surface area (Å²) in [5.74, 6) is -2.17. The maximum Gasteiger partial charge on any atom is 0.307 e. The zero-order valence-electron chi connectivity index (χ0n) is 9.86. The monoisotopic (exact) mass is 229 g/mol. The highest BCUT2D eigenvalue weighted by atomic mass is 16.4. The van der Waals surface area contributed by atoms with Gasteiger partial charge in [-0.2, -0.15) is 0 Å². The highest BCUT2D eigenvalue weighted by Crippen LogP contribution is 2.58. The molecule has 1 rings (SSSR count). The van der Waals surface area contributed by atoms with Crippen molar-refractivity contribution in [3.63, 3.8) is 0 Å². The molecule has 0 heterocycles. The van der Waals surface area contributed by atoms with Crippen LogP contribution in [0.3, 0.4) is 0 Å². The van der Waals surface area contributed by atoms with Crippen LogP contribution in [0.1, 0.15) is 27.2 Å². The number of nitrogens with one attached hydrogen (secondary N) is 1. The van der Waals surface area contributed by atoms with Gasteiger partial charge >= 0.3 is 5.97 Å². The van der Waals surface area contributed by atoms with Gasteiger partial charge in [-0.1, -0.05) is 13.8 Å². The number of carboxylic acid groups (broad SMARTS) is 1. The van der Waals surface area contributed by atoms with Crippen LogP contribution < -0.4 is 5.32 Å². The van der Waals surface area contributed by atoms with E-state index < -0.39 is 29.3 Å². The van der Waals surface area contributed by atoms with Crippen molar-refractivity contribution in [1.82, 2.24) is 5.32 Å². The molecule has 0 radical (unpaired) electrons. The molecule has 0 aromatic heterocycles. The second kappa shape index (κ2) is 4.41. The summed E-state index contributed by atoms with van der Waals surface area (Å²) in [5, 5.41) is 20.6. The molecular weight excluding hydrogens is 210 g/mol. The van der Waals surface area contributed by atoms with Crippen molar-refractivity contribution in [3.05, 3.63) is 0 Å². The van der Waals surface area contributed by atoms with Gasteiger partial charge in [0.2, 0.25) is 5.91 Å². The minimum atomic E-state index is -0.916. The van der Waals surface area contributed by atoms with Crippen molar-refractivity contribution in [2.24, 2.45) is 17.3 Å². The summed E-state index contributed by atoms with van der Waals surface area (Å²) in [6.07, 6.45) is 0.0270. The highest BCUT2D eigenvalue weighted by Gasteiger charge is 2.65. The van der Waals surface area contributed by atoms with E-state index in [0.717, 1.165) is 0 Å². The number of hydrogen-bond acceptors (Lipinski definition) is 3. The Kier molecular flexibility index (Phi) is 3.57. The molecule has 5 nitrogen and oxygen atoms in total. The normalized spacial score (nSPS) is 28.2. The van der Waals surface area contributed by atoms with Gasteiger partial charge in [-0.25, -0.2) is 0 Å². The molecule has 0 bridgehead atoms. The Morgan fingerprint density at radius 3 is 2.31 bits per heavy atom. The lowest BCUT2D eigenvalue weighted by atomic mass is 10.1. The van der Waals surface area contributed by atoms with Crippen molar-refractivity contribution < 1.29 is 19.8 Å². The van der Waals surface area contributed by atoms with E-state index in [2.05, 4.69) is 5.32 Å². The Bertz CT molecular complexity index is 298. The molecule has 0 saturated heterocycles. The predicted octanol–water partition coefficient (Wildman–Crippen LogP) is 0.230. The minimum absolute atomic E-state index is 0.224. The van der Waals surface area contributed by atoms with Gasteiger partial charge < -0.3 is 15.5 Å². The minimum Gasteiger partial charge on any atom is -0.481 e. The van der Waals surface area contributed by atoms with Gasteiger partial charge in [-0.15, -0.1) is 0 Å². The first-order valence-corrected chi connectivity index (χ1v) is 5.47. The number of aliphatic carboxylic acids is 1. The molecule has 1 aliphatic carbocycles. The van der Waals surface area contributed by atoms with E-state index in [1.54, 1.807) is 20.8 Å². The number of rotatable bonds is 5. The van der Waals surface area contributed by atoms with Crippen LogP contribution in [-0.4, -0.2) is 34.7 Å². The molecule has 1 fully saturated rings. The van der Waals surface area contributed by atoms with Gasteiger partial charge in [0.05, 0.1) is 17.9 Å². The summed E-state index contributed by atoms with van der Waals surface area (Å²) in [6.45, 7) is 5.60. The van der Waals surface area contributed by atoms with Crippen molar-refractivity contribution in [2.75, 3.05) is 6.54 Å². The summed E-state index contributed by atoms with van der Waals surface area (Å²) >= 11 is 0. The van der Waals surface area contributed by atoms with Crippen LogP contribution in [0.2, 0.25) is 0 Å². The molecule has 0 aliphatic heterocycles. The quantitative estimate of drug-likeness (QED) is 0.630. The summed E-state index contributed by atoms with van der Waals surface area (Å²) in [6, 6.07) is 0. The fourth-order valence-corrected chi connectivity index (χ4v) is 2.10. The van der Waals surface area contributed by atoms with Crippen molar-refractivity contribution in [3.8, 4) is 0 Å². The average molecular weight is 229 g/mol. The standard InChI is InChI=1S/C11H19NO4/c1-6(13)4-5-12-9(14)7-8(10(15)16)11(7,2)3/h6-8,13H,4-5H2,1-3H3,(H,12,14)(H,15,16). The molecule has 5 heteroatoms. The second-order valence-electron chi connectivity index (χ2n) is 5.04. The third-order valence-corrected chi connectivity index (χ3v) is 3.24. The maximum absolute atomic E-state index is 11.7. The Balaban J connectivity index is 2.42. The topological polar surface area (TPSA) is 86.6 Å². The van der Waals surface area contributed by atoms with Crippen LogP contribution in [0, 0.1) is 17.3 Å². The Morgan fingerprint density at radius 1 is 1.38 bits per heavy atom. The smallest absolute Gasteiger partial charge is 0.307 e. The summed E-state index contributed by atoms with van der Waals surface area (Å²) in [5.41, 5.74) is -0.458. The number of aliphatic hydroxyl groups is 1. The molecule has 92 valence electrons. The first-order chi connectivity index (χ1) is 7.28. The molecular formula is C11H19NO4. The molecule has 1 saturated carbocycles. The molecule has 3 unspecified atom stereocenters. The summed E-state index contributed by atoms with van der Waals surface area (Å²) < 4.78 is 0. The van der Waals surface area contributed by atoms with Crippen molar-refractivity contribution >= 4 is 11.9 Å². The maximum atomic E-state index is 11.7. The fraction of sp³-hybridized carbons (Fsp3) is 0.818. The molecule has 1 amide bonds. The summed E-state index contributed by atoms with van der Waals surface area (Å²) in [4.78, 5) is 22.5. The van der Waals surface area contributed by atoms with Crippen LogP contribution in [0.5, 0.6) is 0 Å². The number of hydrogen-bond donors (Lipinski definition) is 3. The Morgan fingerprint density at radius 2 is 1.94 bits per heavy atom. The van der Waals surface area contributed by atoms with Crippen LogP contribution >= 0.6 is 0 Å². The van der Waals surface area contributed by atoms with E-state index in [9.17, 15) is 9.59 Å². The number of carboxylic acids is 1. The molecule has 3 atom stereocenters. The van der Waals surface area contributed by atoms with Gasteiger partial charge in [-0.3, -0.25) is 9.59 Å². The first kappa shape index (κ1) is 13.0. The average Bonchev–Trinajstić information content (AvgIpc) is 2.68. The number of carbonyl (C=O) groups is 2. The zero-order chi connectivity index (χ0) is 12.5. The van der Waals surface area contributed by atoms with Crippen LogP contribution in [0.25, 0.3) is 0 Å². The van der Waals surface area contributed by atoms with Crippen LogP contribution in [0.15, 0.2) is 0 Å². The second-order valence-corrected chi connectivity index (χ2v) is 5.04. The lowest BCUT2D eigenvalue weighted by Crippen LogP contribution is -2.29. The lowest BCUT2D eigenvalue weighted by Gasteiger charge is -2.07. The zero-order valence-corrected chi connectivity index (χ0v) is 9.86. The van der Waals surface area contributed by atoms with E-state index in [1.165, 1.54) is 0 Å². The molecule has 0 spiro atoms. The van der Waals surface area contributed by atoms with E-state index in [4.69, 9.17) is 10.2 Å². The van der Waals surface area contributed by atoms with Gasteiger partial charge in [0, 0.05) is 6.54 Å². The largest absolute Gasteiger partial charge is 0.481 e. The fourth-order valence-electron chi connectivity index (χ4n) is 2.10. The van der Waals surface area contributed by atoms with Crippen LogP contribution in [0.4, 0.5) is 0 Å². The van der Waals surface area contributed by atoms with Crippen molar-refractivity contribution in [2.45, 2.75) is 33.3 Å². The molecule has 16 heavy (non-hydrogen) atoms. The van der Waals surface area contributed by atoms with E-state index in [-0.39, 0.29) is 5.91 Å². The Labute approximate surface area is 94.8 Å². The van der Waals surface area contributed by atoms with E-state index in [0.29, 0.717) is 13.0 Å². The number of carbonyl (C=O) groups excluding carboxylic acids is 1. The van der Waals surface area contributed by atoms with Crippen LogP contribution in [-0.2, 0) is 9.59 Å². The molecule has 1 aliphatic rings. The SMILES string of the molecule is CC(O)CCNC(=O)C1C(C(=O)O)C1(C)C. The lowest BCUT2D eigenvalue weighted by molar-refractivity contribution is -0.140. The molecule has 0 aromatic carbocycles. The first-order valence-electron chi connectivity index (χ1n) is 5.47. The van der Waals surface area contributed by atoms with E-state index >= 15 is 0 Å². The van der Waals surface area contributed by atoms with Gasteiger partial charge in [0.25, 0.3) is 0 Å². The van der Waals surface area contributed by atoms with E-state index in [1.807, 2.05) is 0 Å². The van der Waals surface area contributed by atoms with Gasteiger partial charge in [-0.05, 0) is 18.8 Å². The molecule has 0 aromatic rings. The number of amides is 1. The summed E-state index contributed by atoms with van der Waals surface area (Å²) in [7, 11) is 0. The van der Waals surface area contributed by atoms with Gasteiger partial charge in [0.1, 0.15) is 0 Å². The Hall–Kier alpha value is -1.10. The number of aliphatic hydroxyl groups excluding tert-OH is 1. The van der Waals surface area contributed by atoms with Gasteiger partial charge in [0.15, 0.2) is 0 Å². The van der Waals surface area contributed by atoms with Crippen molar-refractivity contribution in [1.29, 1.82) is 0 Å². The third kappa shape index (κ3) is 2.52. The predicted molar refractivity (Wildman–Crippen MR) is 57.7 cm³/mol. The highest BCUT2D eigenvalue weighted by molar-refractivity contribution is 5.91. The molecule has 3 N–H and O–H groups in total. The third-order valence-electron chi connectivity index (χ3n) is 3.24.